The van der Waals surface area contributed by atoms with Gasteiger partial charge in [-0.25, -0.2) is 4.79 Å². The highest BCUT2D eigenvalue weighted by atomic mass is 32.1. The number of fused-ring (bicyclic) bond motifs is 1. The lowest BCUT2D eigenvalue weighted by Crippen LogP contribution is -2.45. The van der Waals surface area contributed by atoms with Crippen molar-refractivity contribution in [1.82, 2.24) is 0 Å². The molecule has 3 N–H and O–H groups in total. The Balaban J connectivity index is 1.54. The summed E-state index contributed by atoms with van der Waals surface area (Å²) in [5.41, 5.74) is 0.609. The van der Waals surface area contributed by atoms with Crippen LogP contribution in [0, 0.1) is 0 Å². The Hall–Kier alpha value is -5.00. The highest BCUT2D eigenvalue weighted by molar-refractivity contribution is 7.81. The number of phenols is 1. The number of aliphatic hydroxyl groups is 1. The Kier molecular flexibility index (Phi) is 13.3. The Morgan fingerprint density at radius 2 is 1.80 bits per heavy atom. The zero-order valence-electron chi connectivity index (χ0n) is 28.6. The number of ether oxygens (including phenoxy) is 3. The molecule has 0 fully saturated rings. The van der Waals surface area contributed by atoms with Gasteiger partial charge in [-0.15, -0.1) is 0 Å². The quantitative estimate of drug-likeness (QED) is 0.0685. The van der Waals surface area contributed by atoms with Crippen LogP contribution in [0.1, 0.15) is 95.6 Å². The molecule has 1 aromatic heterocycles. The Bertz CT molecular complexity index is 1990. The summed E-state index contributed by atoms with van der Waals surface area (Å²) < 4.78 is 22.4. The zero-order valence-corrected chi connectivity index (χ0v) is 29.4. The molecule has 0 saturated carbocycles. The van der Waals surface area contributed by atoms with Crippen LogP contribution in [0.5, 0.6) is 23.0 Å². The predicted octanol–water partition coefficient (Wildman–Crippen LogP) is 5.73. The second-order valence-electron chi connectivity index (χ2n) is 11.8. The molecular weight excluding hydrogens is 660 g/mol. The van der Waals surface area contributed by atoms with Gasteiger partial charge in [0.2, 0.25) is 5.76 Å². The van der Waals surface area contributed by atoms with E-state index in [1.165, 1.54) is 27.2 Å². The van der Waals surface area contributed by atoms with Crippen molar-refractivity contribution in [3.05, 3.63) is 104 Å². The van der Waals surface area contributed by atoms with Crippen molar-refractivity contribution in [2.24, 2.45) is 0 Å². The number of benzene rings is 2. The number of thiocarbonyl (C=S) groups is 1. The van der Waals surface area contributed by atoms with E-state index in [0.717, 1.165) is 19.3 Å². The minimum absolute atomic E-state index is 0.0229. The molecule has 50 heavy (non-hydrogen) atoms. The number of hydrogen-bond donors (Lipinski definition) is 3. The van der Waals surface area contributed by atoms with E-state index < -0.39 is 29.2 Å². The van der Waals surface area contributed by atoms with Crippen LogP contribution >= 0.6 is 12.2 Å². The van der Waals surface area contributed by atoms with Crippen molar-refractivity contribution in [2.45, 2.75) is 64.4 Å². The first-order chi connectivity index (χ1) is 24.0. The molecule has 4 rings (SSSR count). The van der Waals surface area contributed by atoms with Crippen LogP contribution in [0.15, 0.2) is 63.8 Å². The minimum Gasteiger partial charge on any atom is -0.507 e. The molecule has 2 aromatic carbocycles. The minimum atomic E-state index is -1.45. The molecule has 2 atom stereocenters. The molecule has 1 aliphatic rings. The van der Waals surface area contributed by atoms with Crippen LogP contribution in [-0.4, -0.2) is 52.8 Å². The molecule has 0 amide bonds. The lowest BCUT2D eigenvalue weighted by Gasteiger charge is -2.22. The van der Waals surface area contributed by atoms with Crippen molar-refractivity contribution in [2.75, 3.05) is 20.8 Å². The number of carboxylic acid groups (broad SMARTS) is 1. The van der Waals surface area contributed by atoms with Gasteiger partial charge in [-0.1, -0.05) is 62.0 Å². The lowest BCUT2D eigenvalue weighted by molar-refractivity contribution is 0.0650. The summed E-state index contributed by atoms with van der Waals surface area (Å²) in [5.74, 6) is -2.00. The average molecular weight is 703 g/mol. The number of aliphatic hydroxyl groups excluding tert-OH is 1. The van der Waals surface area contributed by atoms with Gasteiger partial charge in [0.1, 0.15) is 16.9 Å². The predicted molar refractivity (Wildman–Crippen MR) is 194 cm³/mol. The fraction of sp³-hybridized carbons (Fsp3) is 0.333. The number of phenolic OH excluding ortho intramolecular Hbond substituents is 1. The third-order valence-electron chi connectivity index (χ3n) is 8.34. The molecule has 0 aliphatic heterocycles. The number of carbonyl (C=O) groups excluding carboxylic acids is 1. The summed E-state index contributed by atoms with van der Waals surface area (Å²) in [6.45, 7) is 3.83. The number of unbranched alkanes of at least 4 members (excludes halogenated alkanes) is 2. The smallest absolute Gasteiger partial charge is 0.372 e. The summed E-state index contributed by atoms with van der Waals surface area (Å²) in [6.07, 6.45) is 12.6. The van der Waals surface area contributed by atoms with Gasteiger partial charge in [-0.2, -0.15) is 0 Å². The van der Waals surface area contributed by atoms with Gasteiger partial charge in [0.05, 0.1) is 43.3 Å². The summed E-state index contributed by atoms with van der Waals surface area (Å²) in [6, 6.07) is 8.12. The van der Waals surface area contributed by atoms with Gasteiger partial charge < -0.3 is 33.9 Å². The van der Waals surface area contributed by atoms with Crippen LogP contribution < -0.4 is 30.3 Å². The normalized spacial score (nSPS) is 13.7. The maximum Gasteiger partial charge on any atom is 0.372 e. The number of ketones is 1. The number of allylic oxidation sites excluding steroid dienone is 3. The first-order valence-electron chi connectivity index (χ1n) is 16.4. The number of rotatable bonds is 17. The molecule has 1 aliphatic carbocycles. The van der Waals surface area contributed by atoms with E-state index in [2.05, 4.69) is 0 Å². The number of aromatic carboxylic acids is 1. The molecule has 0 bridgehead atoms. The Morgan fingerprint density at radius 3 is 2.48 bits per heavy atom. The number of Topliss-reactive ketones (excluding diaryl/α,β-unsaturated/α-hetero) is 1. The molecule has 11 heteroatoms. The van der Waals surface area contributed by atoms with Crippen LogP contribution in [-0.2, 0) is 6.42 Å². The second-order valence-corrected chi connectivity index (χ2v) is 12.3. The summed E-state index contributed by atoms with van der Waals surface area (Å²) in [4.78, 5) is 38.6. The highest BCUT2D eigenvalue weighted by Gasteiger charge is 2.31. The molecule has 264 valence electrons. The number of aromatic hydroxyl groups is 1. The van der Waals surface area contributed by atoms with Crippen LogP contribution in [0.3, 0.4) is 0 Å². The van der Waals surface area contributed by atoms with E-state index in [0.29, 0.717) is 59.1 Å². The van der Waals surface area contributed by atoms with Gasteiger partial charge in [-0.05, 0) is 68.5 Å². The SMILES string of the molecule is CCCc1c(OCCCC/C=C\C=C\[C@@H](c2c(C(=O)O)oc3c(c2=O)=CCC(=S)C=3)[C@@H](O)c2ccc(OC)c(OC)c2)ccc(C(C)=O)c1O. The van der Waals surface area contributed by atoms with Gasteiger partial charge in [0, 0.05) is 22.8 Å². The van der Waals surface area contributed by atoms with Gasteiger partial charge >= 0.3 is 5.97 Å². The lowest BCUT2D eigenvalue weighted by atomic mass is 9.87. The van der Waals surface area contributed by atoms with Gasteiger partial charge in [0.25, 0.3) is 0 Å². The Labute approximate surface area is 295 Å². The third kappa shape index (κ3) is 8.77. The molecule has 0 saturated heterocycles. The third-order valence-corrected chi connectivity index (χ3v) is 8.62. The summed E-state index contributed by atoms with van der Waals surface area (Å²) >= 11 is 5.23. The fourth-order valence-electron chi connectivity index (χ4n) is 5.79. The van der Waals surface area contributed by atoms with Crippen LogP contribution in [0.25, 0.3) is 12.2 Å². The van der Waals surface area contributed by atoms with Crippen molar-refractivity contribution in [1.29, 1.82) is 0 Å². The van der Waals surface area contributed by atoms with Gasteiger partial charge in [0.15, 0.2) is 22.7 Å². The summed E-state index contributed by atoms with van der Waals surface area (Å²) in [7, 11) is 2.95. The maximum atomic E-state index is 13.8. The number of methoxy groups -OCH3 is 2. The van der Waals surface area contributed by atoms with Crippen LogP contribution in [0.4, 0.5) is 0 Å². The second kappa shape index (κ2) is 17.6. The monoisotopic (exact) mass is 702 g/mol. The first-order valence-corrected chi connectivity index (χ1v) is 16.8. The molecule has 0 unspecified atom stereocenters. The van der Waals surface area contributed by atoms with E-state index >= 15 is 0 Å². The van der Waals surface area contributed by atoms with E-state index in [-0.39, 0.29) is 33.3 Å². The molecule has 3 aromatic rings. The largest absolute Gasteiger partial charge is 0.507 e. The number of carbonyl (C=O) groups is 2. The van der Waals surface area contributed by atoms with E-state index in [4.69, 9.17) is 30.8 Å². The standard InChI is InChI=1S/C39H42O10S/c1-5-12-27-30(19-17-26(23(2)40)36(27)42)48-20-11-9-7-6-8-10-13-29(35(41)24-14-18-31(46-3)33(21-24)47-4)34-37(43)28-16-15-25(50)22-32(28)49-38(34)39(44)45/h6,8,10,13-14,16-19,21-22,29,35,41-42H,5,7,9,11-12,15,20H2,1-4H3,(H,44,45)/b8-6-,13-10+/t29-,35-/m0/s1. The molecule has 1 heterocycles. The summed E-state index contributed by atoms with van der Waals surface area (Å²) in [5, 5.41) is 32.5. The van der Waals surface area contributed by atoms with Crippen molar-refractivity contribution >= 4 is 41.0 Å². The molecule has 10 nitrogen and oxygen atoms in total. The van der Waals surface area contributed by atoms with E-state index in [1.807, 2.05) is 13.0 Å². The fourth-order valence-corrected chi connectivity index (χ4v) is 5.98. The van der Waals surface area contributed by atoms with Crippen molar-refractivity contribution in [3.63, 3.8) is 0 Å². The highest BCUT2D eigenvalue weighted by Crippen LogP contribution is 2.37. The average Bonchev–Trinajstić information content (AvgIpc) is 3.09. The first kappa shape index (κ1) is 37.8. The maximum absolute atomic E-state index is 13.8. The Morgan fingerprint density at radius 1 is 1.06 bits per heavy atom. The topological polar surface area (TPSA) is 153 Å². The molecule has 0 radical (unpaired) electrons. The van der Waals surface area contributed by atoms with Crippen molar-refractivity contribution < 1.29 is 43.5 Å². The molecular formula is C39H42O10S. The number of carboxylic acids is 1. The number of hydrogen-bond acceptors (Lipinski definition) is 10. The molecule has 0 spiro atoms. The van der Waals surface area contributed by atoms with Crippen LogP contribution in [0.2, 0.25) is 0 Å². The van der Waals surface area contributed by atoms with Crippen molar-refractivity contribution in [3.8, 4) is 23.0 Å². The zero-order chi connectivity index (χ0) is 36.4. The van der Waals surface area contributed by atoms with E-state index in [1.54, 1.807) is 54.6 Å². The van der Waals surface area contributed by atoms with E-state index in [9.17, 15) is 29.7 Å². The van der Waals surface area contributed by atoms with Gasteiger partial charge in [-0.3, -0.25) is 9.59 Å².